The largest absolute Gasteiger partial charge is 0.334 e. The average molecular weight is 414 g/mol. The summed E-state index contributed by atoms with van der Waals surface area (Å²) in [4.78, 5) is 17.1. The second-order valence-electron chi connectivity index (χ2n) is 6.74. The average Bonchev–Trinajstić information content (AvgIpc) is 2.58. The van der Waals surface area contributed by atoms with Gasteiger partial charge >= 0.3 is 0 Å². The first-order valence-electron chi connectivity index (χ1n) is 8.41. The van der Waals surface area contributed by atoms with Crippen molar-refractivity contribution in [2.75, 3.05) is 27.2 Å². The third-order valence-corrected chi connectivity index (χ3v) is 5.35. The van der Waals surface area contributed by atoms with Crippen LogP contribution in [0.3, 0.4) is 0 Å². The van der Waals surface area contributed by atoms with Crippen LogP contribution in [0.1, 0.15) is 22.7 Å². The van der Waals surface area contributed by atoms with Gasteiger partial charge in [0.05, 0.1) is 22.5 Å². The van der Waals surface area contributed by atoms with Crippen LogP contribution >= 0.6 is 35.6 Å². The first kappa shape index (κ1) is 21.0. The molecule has 0 fully saturated rings. The number of amides is 1. The molecule has 2 aromatic rings. The number of likely N-dealkylation sites (N-methyl/N-ethyl adjacent to an activating group) is 1. The highest BCUT2D eigenvalue weighted by Crippen LogP contribution is 2.31. The molecular formula is C20H23Cl3N2O. The summed E-state index contributed by atoms with van der Waals surface area (Å²) >= 11 is 12.1. The van der Waals surface area contributed by atoms with Crippen molar-refractivity contribution in [2.24, 2.45) is 0 Å². The van der Waals surface area contributed by atoms with Gasteiger partial charge in [0.25, 0.3) is 0 Å². The number of halogens is 3. The van der Waals surface area contributed by atoms with Gasteiger partial charge in [0.2, 0.25) is 5.91 Å². The van der Waals surface area contributed by atoms with Crippen LogP contribution < -0.4 is 0 Å². The molecule has 0 saturated carbocycles. The predicted octanol–water partition coefficient (Wildman–Crippen LogP) is 4.65. The maximum absolute atomic E-state index is 13.0. The molecule has 0 radical (unpaired) electrons. The molecule has 1 atom stereocenters. The van der Waals surface area contributed by atoms with Crippen LogP contribution in [0.4, 0.5) is 0 Å². The third kappa shape index (κ3) is 4.72. The van der Waals surface area contributed by atoms with Crippen molar-refractivity contribution in [3.8, 4) is 0 Å². The lowest BCUT2D eigenvalue weighted by atomic mass is 9.91. The molecule has 3 rings (SSSR count). The van der Waals surface area contributed by atoms with E-state index in [2.05, 4.69) is 29.2 Å². The van der Waals surface area contributed by atoms with Crippen molar-refractivity contribution in [3.05, 3.63) is 69.2 Å². The van der Waals surface area contributed by atoms with Gasteiger partial charge in [0.15, 0.2) is 0 Å². The van der Waals surface area contributed by atoms with E-state index in [4.69, 9.17) is 23.2 Å². The number of nitrogens with zero attached hydrogens (tertiary/aromatic N) is 2. The molecule has 0 bridgehead atoms. The Kier molecular flexibility index (Phi) is 7.36. The molecule has 1 aliphatic heterocycles. The van der Waals surface area contributed by atoms with Crippen LogP contribution in [0.25, 0.3) is 0 Å². The predicted molar refractivity (Wildman–Crippen MR) is 111 cm³/mol. The Balaban J connectivity index is 0.00000243. The number of rotatable bonds is 4. The molecule has 3 nitrogen and oxygen atoms in total. The highest BCUT2D eigenvalue weighted by Gasteiger charge is 2.30. The molecule has 26 heavy (non-hydrogen) atoms. The lowest BCUT2D eigenvalue weighted by Crippen LogP contribution is -2.44. The lowest BCUT2D eigenvalue weighted by molar-refractivity contribution is -0.133. The number of benzene rings is 2. The third-order valence-electron chi connectivity index (χ3n) is 4.61. The molecule has 0 N–H and O–H groups in total. The first-order chi connectivity index (χ1) is 12.0. The number of hydrogen-bond donors (Lipinski definition) is 0. The molecule has 2 aromatic carbocycles. The van der Waals surface area contributed by atoms with E-state index in [0.29, 0.717) is 16.5 Å². The summed E-state index contributed by atoms with van der Waals surface area (Å²) in [5.41, 5.74) is 3.49. The van der Waals surface area contributed by atoms with Crippen molar-refractivity contribution in [1.82, 2.24) is 9.80 Å². The van der Waals surface area contributed by atoms with Gasteiger partial charge in [0.1, 0.15) is 0 Å². The van der Waals surface area contributed by atoms with E-state index in [0.717, 1.165) is 25.1 Å². The molecule has 6 heteroatoms. The van der Waals surface area contributed by atoms with Crippen molar-refractivity contribution in [1.29, 1.82) is 0 Å². The number of carbonyl (C=O) groups excluding carboxylic acids is 1. The van der Waals surface area contributed by atoms with Gasteiger partial charge in [-0.1, -0.05) is 53.5 Å². The van der Waals surface area contributed by atoms with Gasteiger partial charge in [-0.3, -0.25) is 4.79 Å². The van der Waals surface area contributed by atoms with Crippen LogP contribution in [-0.4, -0.2) is 42.9 Å². The van der Waals surface area contributed by atoms with E-state index in [1.54, 1.807) is 12.1 Å². The summed E-state index contributed by atoms with van der Waals surface area (Å²) in [5, 5.41) is 0.996. The Hall–Kier alpha value is -1.26. The summed E-state index contributed by atoms with van der Waals surface area (Å²) in [6.07, 6.45) is 1.23. The summed E-state index contributed by atoms with van der Waals surface area (Å²) in [6.45, 7) is 1.56. The molecule has 1 heterocycles. The minimum absolute atomic E-state index is 0. The van der Waals surface area contributed by atoms with Gasteiger partial charge in [-0.25, -0.2) is 0 Å². The number of hydrogen-bond acceptors (Lipinski definition) is 2. The molecule has 1 amide bonds. The molecule has 0 saturated heterocycles. The number of fused-ring (bicyclic) bond motifs is 1. The van der Waals surface area contributed by atoms with Gasteiger partial charge in [-0.15, -0.1) is 12.4 Å². The Labute approximate surface area is 171 Å². The Morgan fingerprint density at radius 2 is 1.88 bits per heavy atom. The highest BCUT2D eigenvalue weighted by atomic mass is 35.5. The Bertz CT molecular complexity index is 779. The lowest BCUT2D eigenvalue weighted by Gasteiger charge is -2.39. The smallest absolute Gasteiger partial charge is 0.227 e. The Morgan fingerprint density at radius 3 is 2.58 bits per heavy atom. The van der Waals surface area contributed by atoms with Crippen LogP contribution in [0, 0.1) is 0 Å². The van der Waals surface area contributed by atoms with Gasteiger partial charge in [-0.2, -0.15) is 0 Å². The van der Waals surface area contributed by atoms with E-state index < -0.39 is 0 Å². The summed E-state index contributed by atoms with van der Waals surface area (Å²) < 4.78 is 0. The minimum atomic E-state index is 0. The second kappa shape index (κ2) is 9.09. The zero-order chi connectivity index (χ0) is 18.0. The zero-order valence-corrected chi connectivity index (χ0v) is 17.2. The molecule has 140 valence electrons. The topological polar surface area (TPSA) is 23.6 Å². The molecule has 0 aliphatic carbocycles. The van der Waals surface area contributed by atoms with Crippen LogP contribution in [0.2, 0.25) is 10.0 Å². The van der Waals surface area contributed by atoms with Crippen molar-refractivity contribution >= 4 is 41.5 Å². The fourth-order valence-corrected chi connectivity index (χ4v) is 3.74. The van der Waals surface area contributed by atoms with E-state index in [1.165, 1.54) is 11.1 Å². The standard InChI is InChI=1S/C20H22Cl2N2O.ClH/c1-23(2)13-19-16-6-4-3-5-15(16)9-10-24(19)20(25)12-14-7-8-17(21)18(22)11-14;/h3-8,11,19H,9-10,12-13H2,1-2H3;1H. The van der Waals surface area contributed by atoms with E-state index >= 15 is 0 Å². The summed E-state index contributed by atoms with van der Waals surface area (Å²) in [5.74, 6) is 0.125. The van der Waals surface area contributed by atoms with E-state index in [1.807, 2.05) is 25.1 Å². The quantitative estimate of drug-likeness (QED) is 0.728. The van der Waals surface area contributed by atoms with Gasteiger partial charge < -0.3 is 9.80 Å². The fourth-order valence-electron chi connectivity index (χ4n) is 3.42. The maximum atomic E-state index is 13.0. The highest BCUT2D eigenvalue weighted by molar-refractivity contribution is 6.42. The van der Waals surface area contributed by atoms with E-state index in [9.17, 15) is 4.79 Å². The summed E-state index contributed by atoms with van der Waals surface area (Å²) in [6, 6.07) is 13.9. The van der Waals surface area contributed by atoms with Crippen molar-refractivity contribution in [3.63, 3.8) is 0 Å². The first-order valence-corrected chi connectivity index (χ1v) is 9.17. The molecular weight excluding hydrogens is 391 g/mol. The maximum Gasteiger partial charge on any atom is 0.227 e. The second-order valence-corrected chi connectivity index (χ2v) is 7.55. The molecule has 1 aliphatic rings. The number of carbonyl (C=O) groups is 1. The van der Waals surface area contributed by atoms with Gasteiger partial charge in [0, 0.05) is 13.1 Å². The van der Waals surface area contributed by atoms with Crippen LogP contribution in [0.15, 0.2) is 42.5 Å². The fraction of sp³-hybridized carbons (Fsp3) is 0.350. The molecule has 1 unspecified atom stereocenters. The van der Waals surface area contributed by atoms with Crippen molar-refractivity contribution < 1.29 is 4.79 Å². The van der Waals surface area contributed by atoms with Crippen LogP contribution in [0.5, 0.6) is 0 Å². The molecule has 0 spiro atoms. The zero-order valence-electron chi connectivity index (χ0n) is 14.9. The Morgan fingerprint density at radius 1 is 1.15 bits per heavy atom. The van der Waals surface area contributed by atoms with Crippen molar-refractivity contribution in [2.45, 2.75) is 18.9 Å². The normalized spacial score (nSPS) is 16.2. The molecule has 0 aromatic heterocycles. The SMILES string of the molecule is CN(C)CC1c2ccccc2CCN1C(=O)Cc1ccc(Cl)c(Cl)c1.Cl. The monoisotopic (exact) mass is 412 g/mol. The minimum Gasteiger partial charge on any atom is -0.334 e. The van der Waals surface area contributed by atoms with Crippen LogP contribution in [-0.2, 0) is 17.6 Å². The van der Waals surface area contributed by atoms with E-state index in [-0.39, 0.29) is 24.4 Å². The summed E-state index contributed by atoms with van der Waals surface area (Å²) in [7, 11) is 4.08. The van der Waals surface area contributed by atoms with Gasteiger partial charge in [-0.05, 0) is 49.3 Å².